The maximum Gasteiger partial charge on any atom is 0.279 e. The number of aromatic nitrogens is 2. The molecule has 1 aromatic heterocycles. The molecule has 0 atom stereocenters. The monoisotopic (exact) mass is 301 g/mol. The standard InChI is InChI=1S/C12H23N5O2S/c1-13-11-12-3-8-17(9-4-12)20(18,19)15-6-10-16-7-2-5-14-16/h2,5,7,12-13,15H,3-4,6,8-11H2,1H3. The van der Waals surface area contributed by atoms with Crippen molar-refractivity contribution < 1.29 is 8.42 Å². The first-order chi connectivity index (χ1) is 9.62. The van der Waals surface area contributed by atoms with Gasteiger partial charge in [0.1, 0.15) is 0 Å². The first-order valence-corrected chi connectivity index (χ1v) is 8.42. The summed E-state index contributed by atoms with van der Waals surface area (Å²) in [4.78, 5) is 0. The number of rotatable bonds is 7. The molecule has 0 aliphatic carbocycles. The van der Waals surface area contributed by atoms with Gasteiger partial charge in [-0.15, -0.1) is 0 Å². The van der Waals surface area contributed by atoms with Crippen molar-refractivity contribution in [3.8, 4) is 0 Å². The molecule has 20 heavy (non-hydrogen) atoms. The fourth-order valence-corrected chi connectivity index (χ4v) is 3.68. The Kier molecular flexibility index (Phi) is 5.53. The minimum absolute atomic E-state index is 0.362. The van der Waals surface area contributed by atoms with E-state index in [2.05, 4.69) is 15.1 Å². The van der Waals surface area contributed by atoms with Gasteiger partial charge in [-0.25, -0.2) is 4.72 Å². The number of hydrogen-bond donors (Lipinski definition) is 2. The molecule has 0 spiro atoms. The van der Waals surface area contributed by atoms with Crippen molar-refractivity contribution >= 4 is 10.2 Å². The summed E-state index contributed by atoms with van der Waals surface area (Å²) in [6, 6.07) is 1.82. The minimum atomic E-state index is -3.35. The van der Waals surface area contributed by atoms with E-state index in [0.717, 1.165) is 19.4 Å². The quantitative estimate of drug-likeness (QED) is 0.721. The summed E-state index contributed by atoms with van der Waals surface area (Å²) in [5, 5.41) is 7.19. The van der Waals surface area contributed by atoms with Crippen molar-refractivity contribution in [2.24, 2.45) is 5.92 Å². The molecule has 0 aromatic carbocycles. The first kappa shape index (κ1) is 15.4. The van der Waals surface area contributed by atoms with Gasteiger partial charge in [-0.05, 0) is 38.4 Å². The van der Waals surface area contributed by atoms with Crippen LogP contribution >= 0.6 is 0 Å². The van der Waals surface area contributed by atoms with E-state index in [1.807, 2.05) is 19.3 Å². The highest BCUT2D eigenvalue weighted by Crippen LogP contribution is 2.18. The average molecular weight is 301 g/mol. The molecule has 0 bridgehead atoms. The predicted molar refractivity (Wildman–Crippen MR) is 77.4 cm³/mol. The van der Waals surface area contributed by atoms with Crippen LogP contribution in [0.2, 0.25) is 0 Å². The van der Waals surface area contributed by atoms with E-state index in [-0.39, 0.29) is 0 Å². The molecule has 2 rings (SSSR count). The van der Waals surface area contributed by atoms with E-state index in [0.29, 0.717) is 32.1 Å². The van der Waals surface area contributed by atoms with Crippen molar-refractivity contribution in [3.63, 3.8) is 0 Å². The first-order valence-electron chi connectivity index (χ1n) is 6.98. The second-order valence-electron chi connectivity index (χ2n) is 5.07. The van der Waals surface area contributed by atoms with Gasteiger partial charge in [-0.3, -0.25) is 4.68 Å². The fourth-order valence-electron chi connectivity index (χ4n) is 2.46. The maximum absolute atomic E-state index is 12.1. The lowest BCUT2D eigenvalue weighted by molar-refractivity contribution is 0.268. The van der Waals surface area contributed by atoms with Crippen molar-refractivity contribution in [2.75, 3.05) is 33.2 Å². The third kappa shape index (κ3) is 4.27. The fraction of sp³-hybridized carbons (Fsp3) is 0.750. The maximum atomic E-state index is 12.1. The molecule has 0 radical (unpaired) electrons. The van der Waals surface area contributed by atoms with Gasteiger partial charge < -0.3 is 5.32 Å². The summed E-state index contributed by atoms with van der Waals surface area (Å²) >= 11 is 0. The van der Waals surface area contributed by atoms with Crippen molar-refractivity contribution in [1.82, 2.24) is 24.1 Å². The molecule has 114 valence electrons. The smallest absolute Gasteiger partial charge is 0.279 e. The van der Waals surface area contributed by atoms with E-state index in [9.17, 15) is 8.42 Å². The summed E-state index contributed by atoms with van der Waals surface area (Å²) in [6.45, 7) is 3.07. The number of nitrogens with one attached hydrogen (secondary N) is 2. The Balaban J connectivity index is 1.76. The zero-order valence-corrected chi connectivity index (χ0v) is 12.6. The third-order valence-electron chi connectivity index (χ3n) is 3.59. The molecule has 8 heteroatoms. The molecule has 0 unspecified atom stereocenters. The summed E-state index contributed by atoms with van der Waals surface area (Å²) in [6.07, 6.45) is 5.33. The van der Waals surface area contributed by atoms with Gasteiger partial charge in [0.2, 0.25) is 0 Å². The Morgan fingerprint density at radius 1 is 1.35 bits per heavy atom. The van der Waals surface area contributed by atoms with Crippen LogP contribution in [0.5, 0.6) is 0 Å². The molecular formula is C12H23N5O2S. The van der Waals surface area contributed by atoms with E-state index in [1.165, 1.54) is 0 Å². The average Bonchev–Trinajstić information content (AvgIpc) is 2.93. The van der Waals surface area contributed by atoms with E-state index < -0.39 is 10.2 Å². The van der Waals surface area contributed by atoms with Gasteiger partial charge in [0.15, 0.2) is 0 Å². The molecule has 1 aromatic rings. The highest BCUT2D eigenvalue weighted by atomic mass is 32.2. The third-order valence-corrected chi connectivity index (χ3v) is 5.20. The lowest BCUT2D eigenvalue weighted by Crippen LogP contribution is -2.46. The minimum Gasteiger partial charge on any atom is -0.319 e. The normalized spacial score (nSPS) is 18.4. The zero-order chi connectivity index (χ0) is 14.4. The van der Waals surface area contributed by atoms with Crippen LogP contribution in [0, 0.1) is 5.92 Å². The molecule has 7 nitrogen and oxygen atoms in total. The van der Waals surface area contributed by atoms with Crippen LogP contribution in [0.25, 0.3) is 0 Å². The summed E-state index contributed by atoms with van der Waals surface area (Å²) in [5.74, 6) is 0.579. The van der Waals surface area contributed by atoms with Crippen LogP contribution in [0.1, 0.15) is 12.8 Å². The van der Waals surface area contributed by atoms with Crippen LogP contribution in [0.15, 0.2) is 18.5 Å². The SMILES string of the molecule is CNCC1CCN(S(=O)(=O)NCCn2cccn2)CC1. The zero-order valence-electron chi connectivity index (χ0n) is 11.8. The second kappa shape index (κ2) is 7.16. The van der Waals surface area contributed by atoms with Gasteiger partial charge >= 0.3 is 0 Å². The van der Waals surface area contributed by atoms with Gasteiger partial charge in [-0.2, -0.15) is 17.8 Å². The molecule has 1 fully saturated rings. The van der Waals surface area contributed by atoms with E-state index in [1.54, 1.807) is 15.2 Å². The van der Waals surface area contributed by atoms with Crippen molar-refractivity contribution in [2.45, 2.75) is 19.4 Å². The van der Waals surface area contributed by atoms with E-state index in [4.69, 9.17) is 0 Å². The molecule has 1 saturated heterocycles. The van der Waals surface area contributed by atoms with Crippen molar-refractivity contribution in [1.29, 1.82) is 0 Å². The molecule has 0 saturated carbocycles. The number of hydrogen-bond acceptors (Lipinski definition) is 4. The summed E-state index contributed by atoms with van der Waals surface area (Å²) in [7, 11) is -1.42. The number of nitrogens with zero attached hydrogens (tertiary/aromatic N) is 3. The molecule has 0 amide bonds. The highest BCUT2D eigenvalue weighted by molar-refractivity contribution is 7.87. The Hall–Kier alpha value is -0.960. The van der Waals surface area contributed by atoms with Gasteiger partial charge in [0, 0.05) is 32.0 Å². The summed E-state index contributed by atoms with van der Waals surface area (Å²) < 4.78 is 30.2. The molecule has 2 N–H and O–H groups in total. The van der Waals surface area contributed by atoms with Crippen molar-refractivity contribution in [3.05, 3.63) is 18.5 Å². The van der Waals surface area contributed by atoms with Gasteiger partial charge in [0.25, 0.3) is 10.2 Å². The van der Waals surface area contributed by atoms with Crippen LogP contribution in [0.3, 0.4) is 0 Å². The summed E-state index contributed by atoms with van der Waals surface area (Å²) in [5.41, 5.74) is 0. The molecule has 1 aliphatic heterocycles. The lowest BCUT2D eigenvalue weighted by Gasteiger charge is -2.31. The Labute approximate surface area is 120 Å². The van der Waals surface area contributed by atoms with Crippen LogP contribution in [0.4, 0.5) is 0 Å². The largest absolute Gasteiger partial charge is 0.319 e. The van der Waals surface area contributed by atoms with Crippen LogP contribution in [-0.4, -0.2) is 55.7 Å². The molecule has 1 aliphatic rings. The van der Waals surface area contributed by atoms with E-state index >= 15 is 0 Å². The molecular weight excluding hydrogens is 278 g/mol. The Morgan fingerprint density at radius 2 is 2.10 bits per heavy atom. The highest BCUT2D eigenvalue weighted by Gasteiger charge is 2.27. The van der Waals surface area contributed by atoms with Gasteiger partial charge in [-0.1, -0.05) is 0 Å². The Morgan fingerprint density at radius 3 is 2.70 bits per heavy atom. The molecule has 2 heterocycles. The second-order valence-corrected chi connectivity index (χ2v) is 6.82. The number of piperidine rings is 1. The topological polar surface area (TPSA) is 79.3 Å². The van der Waals surface area contributed by atoms with Gasteiger partial charge in [0.05, 0.1) is 6.54 Å². The lowest BCUT2D eigenvalue weighted by atomic mass is 9.98. The Bertz CT molecular complexity index is 480. The predicted octanol–water partition coefficient (Wildman–Crippen LogP) is -0.351. The van der Waals surface area contributed by atoms with Crippen LogP contribution in [-0.2, 0) is 16.8 Å². The van der Waals surface area contributed by atoms with Crippen LogP contribution < -0.4 is 10.0 Å².